The quantitative estimate of drug-likeness (QED) is 0.610. The summed E-state index contributed by atoms with van der Waals surface area (Å²) in [5.74, 6) is 1.70. The number of fused-ring (bicyclic) bond motifs is 1. The van der Waals surface area contributed by atoms with Gasteiger partial charge in [-0.25, -0.2) is 0 Å². The highest BCUT2D eigenvalue weighted by atomic mass is 16.5. The van der Waals surface area contributed by atoms with Crippen LogP contribution in [0.5, 0.6) is 5.75 Å². The first kappa shape index (κ1) is 19.2. The van der Waals surface area contributed by atoms with Crippen LogP contribution < -0.4 is 15.4 Å². The minimum absolute atomic E-state index is 0.442. The van der Waals surface area contributed by atoms with Gasteiger partial charge in [0.1, 0.15) is 5.75 Å². The highest BCUT2D eigenvalue weighted by Crippen LogP contribution is 2.19. The van der Waals surface area contributed by atoms with Gasteiger partial charge in [0.05, 0.1) is 7.11 Å². The molecule has 144 valence electrons. The first-order valence-electron chi connectivity index (χ1n) is 9.58. The van der Waals surface area contributed by atoms with Crippen molar-refractivity contribution in [2.75, 3.05) is 27.2 Å². The summed E-state index contributed by atoms with van der Waals surface area (Å²) in [5, 5.41) is 6.83. The maximum Gasteiger partial charge on any atom is 0.191 e. The number of aliphatic imine (C=N–C) groups is 1. The second kappa shape index (κ2) is 9.42. The zero-order valence-electron chi connectivity index (χ0n) is 16.5. The molecular formula is C22H30N4O. The molecule has 1 aliphatic rings. The van der Waals surface area contributed by atoms with Gasteiger partial charge in [-0.15, -0.1) is 0 Å². The standard InChI is InChI=1S/C22H30N4O/c1-17(26-13-12-19-6-4-5-7-20(19)16-26)14-24-22(23-2)25-15-18-8-10-21(27-3)11-9-18/h4-11,17H,12-16H2,1-3H3,(H2,23,24,25). The second-order valence-corrected chi connectivity index (χ2v) is 6.99. The average Bonchev–Trinajstić information content (AvgIpc) is 2.73. The van der Waals surface area contributed by atoms with Crippen LogP contribution in [-0.4, -0.2) is 44.1 Å². The average molecular weight is 367 g/mol. The fraction of sp³-hybridized carbons (Fsp3) is 0.409. The summed E-state index contributed by atoms with van der Waals surface area (Å²) in [4.78, 5) is 6.87. The Kier molecular flexibility index (Phi) is 6.71. The Balaban J connectivity index is 1.46. The van der Waals surface area contributed by atoms with Crippen molar-refractivity contribution < 1.29 is 4.74 Å². The van der Waals surface area contributed by atoms with E-state index in [9.17, 15) is 0 Å². The molecule has 2 N–H and O–H groups in total. The van der Waals surface area contributed by atoms with Gasteiger partial charge in [-0.1, -0.05) is 36.4 Å². The number of hydrogen-bond acceptors (Lipinski definition) is 3. The Morgan fingerprint density at radius 3 is 2.56 bits per heavy atom. The molecule has 0 spiro atoms. The van der Waals surface area contributed by atoms with Crippen molar-refractivity contribution in [3.05, 3.63) is 65.2 Å². The third-order valence-electron chi connectivity index (χ3n) is 5.19. The van der Waals surface area contributed by atoms with E-state index in [1.807, 2.05) is 19.2 Å². The van der Waals surface area contributed by atoms with Gasteiger partial charge in [0.2, 0.25) is 0 Å². The monoisotopic (exact) mass is 366 g/mol. The van der Waals surface area contributed by atoms with E-state index in [-0.39, 0.29) is 0 Å². The van der Waals surface area contributed by atoms with Crippen molar-refractivity contribution in [3.8, 4) is 5.75 Å². The van der Waals surface area contributed by atoms with E-state index in [4.69, 9.17) is 4.74 Å². The first-order valence-corrected chi connectivity index (χ1v) is 9.58. The lowest BCUT2D eigenvalue weighted by Gasteiger charge is -2.34. The first-order chi connectivity index (χ1) is 13.2. The van der Waals surface area contributed by atoms with Crippen molar-refractivity contribution in [1.29, 1.82) is 0 Å². The summed E-state index contributed by atoms with van der Waals surface area (Å²) in [5.41, 5.74) is 4.14. The van der Waals surface area contributed by atoms with Gasteiger partial charge in [-0.05, 0) is 42.2 Å². The Morgan fingerprint density at radius 1 is 1.11 bits per heavy atom. The van der Waals surface area contributed by atoms with Crippen LogP contribution in [0.15, 0.2) is 53.5 Å². The third-order valence-corrected chi connectivity index (χ3v) is 5.19. The maximum absolute atomic E-state index is 5.20. The van der Waals surface area contributed by atoms with E-state index in [0.717, 1.165) is 44.3 Å². The molecule has 1 aliphatic heterocycles. The summed E-state index contributed by atoms with van der Waals surface area (Å²) in [6.07, 6.45) is 1.13. The molecule has 0 saturated heterocycles. The van der Waals surface area contributed by atoms with Gasteiger partial charge in [-0.2, -0.15) is 0 Å². The lowest BCUT2D eigenvalue weighted by atomic mass is 9.99. The van der Waals surface area contributed by atoms with Crippen molar-refractivity contribution >= 4 is 5.96 Å². The number of rotatable bonds is 6. The van der Waals surface area contributed by atoms with Gasteiger partial charge in [-0.3, -0.25) is 9.89 Å². The number of nitrogens with one attached hydrogen (secondary N) is 2. The normalized spacial score (nSPS) is 15.7. The van der Waals surface area contributed by atoms with E-state index in [1.165, 1.54) is 16.7 Å². The largest absolute Gasteiger partial charge is 0.497 e. The number of guanidine groups is 1. The summed E-state index contributed by atoms with van der Waals surface area (Å²) >= 11 is 0. The molecular weight excluding hydrogens is 336 g/mol. The number of nitrogens with zero attached hydrogens (tertiary/aromatic N) is 2. The molecule has 1 heterocycles. The highest BCUT2D eigenvalue weighted by molar-refractivity contribution is 5.79. The number of ether oxygens (including phenoxy) is 1. The van der Waals surface area contributed by atoms with Crippen LogP contribution in [0.4, 0.5) is 0 Å². The Labute approximate surface area is 162 Å². The van der Waals surface area contributed by atoms with E-state index in [1.54, 1.807) is 7.11 Å². The molecule has 0 radical (unpaired) electrons. The molecule has 0 aromatic heterocycles. The van der Waals surface area contributed by atoms with Gasteiger partial charge in [0.15, 0.2) is 5.96 Å². The van der Waals surface area contributed by atoms with Crippen LogP contribution in [0, 0.1) is 0 Å². The summed E-state index contributed by atoms with van der Waals surface area (Å²) in [6, 6.07) is 17.3. The molecule has 0 aliphatic carbocycles. The van der Waals surface area contributed by atoms with E-state index < -0.39 is 0 Å². The molecule has 0 bridgehead atoms. The van der Waals surface area contributed by atoms with Crippen molar-refractivity contribution in [1.82, 2.24) is 15.5 Å². The van der Waals surface area contributed by atoms with Gasteiger partial charge < -0.3 is 15.4 Å². The zero-order valence-corrected chi connectivity index (χ0v) is 16.5. The minimum Gasteiger partial charge on any atom is -0.497 e. The molecule has 0 amide bonds. The van der Waals surface area contributed by atoms with Crippen LogP contribution in [0.25, 0.3) is 0 Å². The van der Waals surface area contributed by atoms with Crippen LogP contribution in [0.3, 0.4) is 0 Å². The zero-order chi connectivity index (χ0) is 19.1. The van der Waals surface area contributed by atoms with Crippen LogP contribution in [0.1, 0.15) is 23.6 Å². The molecule has 5 heteroatoms. The highest BCUT2D eigenvalue weighted by Gasteiger charge is 2.20. The lowest BCUT2D eigenvalue weighted by molar-refractivity contribution is 0.191. The summed E-state index contributed by atoms with van der Waals surface area (Å²) in [6.45, 7) is 6.01. The smallest absolute Gasteiger partial charge is 0.191 e. The van der Waals surface area contributed by atoms with Crippen molar-refractivity contribution in [2.45, 2.75) is 32.5 Å². The third kappa shape index (κ3) is 5.23. The molecule has 5 nitrogen and oxygen atoms in total. The van der Waals surface area contributed by atoms with E-state index in [0.29, 0.717) is 6.04 Å². The second-order valence-electron chi connectivity index (χ2n) is 6.99. The van der Waals surface area contributed by atoms with Crippen LogP contribution in [0.2, 0.25) is 0 Å². The molecule has 27 heavy (non-hydrogen) atoms. The lowest BCUT2D eigenvalue weighted by Crippen LogP contribution is -2.47. The van der Waals surface area contributed by atoms with Crippen LogP contribution in [-0.2, 0) is 19.5 Å². The minimum atomic E-state index is 0.442. The van der Waals surface area contributed by atoms with E-state index >= 15 is 0 Å². The molecule has 0 saturated carbocycles. The van der Waals surface area contributed by atoms with Crippen LogP contribution >= 0.6 is 0 Å². The Hall–Kier alpha value is -2.53. The number of benzene rings is 2. The molecule has 1 atom stereocenters. The fourth-order valence-corrected chi connectivity index (χ4v) is 3.42. The van der Waals surface area contributed by atoms with E-state index in [2.05, 4.69) is 63.8 Å². The molecule has 2 aromatic rings. The predicted octanol–water partition coefficient (Wildman–Crippen LogP) is 2.81. The maximum atomic E-state index is 5.20. The summed E-state index contributed by atoms with van der Waals surface area (Å²) in [7, 11) is 3.49. The number of hydrogen-bond donors (Lipinski definition) is 2. The molecule has 3 rings (SSSR count). The molecule has 1 unspecified atom stereocenters. The topological polar surface area (TPSA) is 48.9 Å². The van der Waals surface area contributed by atoms with Gasteiger partial charge >= 0.3 is 0 Å². The fourth-order valence-electron chi connectivity index (χ4n) is 3.42. The number of methoxy groups -OCH3 is 1. The Bertz CT molecular complexity index is 757. The molecule has 0 fully saturated rings. The summed E-state index contributed by atoms with van der Waals surface area (Å²) < 4.78 is 5.20. The van der Waals surface area contributed by atoms with Crippen molar-refractivity contribution in [3.63, 3.8) is 0 Å². The predicted molar refractivity (Wildman–Crippen MR) is 111 cm³/mol. The Morgan fingerprint density at radius 2 is 1.85 bits per heavy atom. The van der Waals surface area contributed by atoms with Crippen molar-refractivity contribution in [2.24, 2.45) is 4.99 Å². The van der Waals surface area contributed by atoms with Gasteiger partial charge in [0.25, 0.3) is 0 Å². The molecule has 2 aromatic carbocycles. The van der Waals surface area contributed by atoms with Gasteiger partial charge in [0, 0.05) is 39.3 Å². The SMILES string of the molecule is CN=C(NCc1ccc(OC)cc1)NCC(C)N1CCc2ccccc2C1.